The van der Waals surface area contributed by atoms with Crippen molar-refractivity contribution in [2.45, 2.75) is 12.7 Å². The van der Waals surface area contributed by atoms with Gasteiger partial charge in [-0.2, -0.15) is 0 Å². The van der Waals surface area contributed by atoms with Crippen molar-refractivity contribution in [1.29, 1.82) is 0 Å². The maximum Gasteiger partial charge on any atom is 0.261 e. The van der Waals surface area contributed by atoms with E-state index < -0.39 is 47.6 Å². The van der Waals surface area contributed by atoms with Crippen LogP contribution < -0.4 is 0 Å². The van der Waals surface area contributed by atoms with Crippen LogP contribution in [0.3, 0.4) is 0 Å². The molecule has 2 rings (SSSR count). The third-order valence-corrected chi connectivity index (χ3v) is 2.61. The van der Waals surface area contributed by atoms with Crippen molar-refractivity contribution in [2.24, 2.45) is 0 Å². The van der Waals surface area contributed by atoms with Crippen molar-refractivity contribution in [2.75, 3.05) is 18.5 Å². The van der Waals surface area contributed by atoms with Gasteiger partial charge in [-0.15, -0.1) is 0 Å². The van der Waals surface area contributed by atoms with Gasteiger partial charge in [-0.1, -0.05) is 12.1 Å². The van der Waals surface area contributed by atoms with Crippen molar-refractivity contribution in [1.82, 2.24) is 4.90 Å². The summed E-state index contributed by atoms with van der Waals surface area (Å²) in [6.07, 6.45) is -6.55. The van der Waals surface area contributed by atoms with Crippen LogP contribution in [0.4, 0.5) is 0 Å². The minimum atomic E-state index is -3.72. The lowest BCUT2D eigenvalue weighted by atomic mass is 10.1. The summed E-state index contributed by atoms with van der Waals surface area (Å²) in [7, 11) is -2.52. The summed E-state index contributed by atoms with van der Waals surface area (Å²) < 4.78 is 74.3. The smallest absolute Gasteiger partial charge is 0.261 e. The Bertz CT molecular complexity index is 775. The highest BCUT2D eigenvalue weighted by Gasteiger charge is 2.34. The molecule has 1 atom stereocenters. The van der Waals surface area contributed by atoms with Crippen LogP contribution in [-0.4, -0.2) is 39.4 Å². The molecule has 5 heteroatoms. The number of amides is 2. The number of carbonyl (C=O) groups excluding carboxylic acids is 2. The number of rotatable bonds is 5. The van der Waals surface area contributed by atoms with Crippen molar-refractivity contribution in [3.63, 3.8) is 0 Å². The van der Waals surface area contributed by atoms with Crippen LogP contribution in [0, 0.1) is 0 Å². The van der Waals surface area contributed by atoms with Gasteiger partial charge in [-0.25, -0.2) is 0 Å². The molecule has 2 amide bonds. The number of nitrogens with zero attached hydrogens (tertiary/aromatic N) is 1. The first-order chi connectivity index (χ1) is 11.6. The van der Waals surface area contributed by atoms with Crippen LogP contribution in [0.25, 0.3) is 0 Å². The highest BCUT2D eigenvalue weighted by atomic mass is 32.2. The molecule has 0 bridgehead atoms. The third-order valence-electron chi connectivity index (χ3n) is 2.22. The number of imide groups is 1. The number of carbonyl (C=O) groups is 2. The number of fused-ring (bicyclic) bond motifs is 1. The predicted octanol–water partition coefficient (Wildman–Crippen LogP) is 1.44. The maximum atomic E-state index is 12.4. The second-order valence-electron chi connectivity index (χ2n) is 3.41. The SMILES string of the molecule is [2H]C([2H])(N1C(=O)c2ccccc2C1=O)C([2H])([2H])C([2H])([2H])C([2H])([2H])S(C)=O. The molecule has 0 fully saturated rings. The standard InChI is InChI=1S/C13H15NO3S/c1-18(17)9-5-4-8-14-12(15)10-6-2-3-7-11(10)13(14)16/h2-3,6-7H,4-5,8-9H2,1H3/i4D2,5D2,8D2,9D2. The Morgan fingerprint density at radius 2 is 1.72 bits per heavy atom. The molecule has 4 nitrogen and oxygen atoms in total. The number of benzene rings is 1. The number of hydrogen-bond donors (Lipinski definition) is 0. The molecule has 1 aliphatic rings. The highest BCUT2D eigenvalue weighted by Crippen LogP contribution is 2.22. The molecule has 96 valence electrons. The molecule has 1 unspecified atom stereocenters. The van der Waals surface area contributed by atoms with E-state index in [-0.39, 0.29) is 16.0 Å². The van der Waals surface area contributed by atoms with E-state index >= 15 is 0 Å². The molecule has 1 aromatic carbocycles. The fourth-order valence-corrected chi connectivity index (χ4v) is 1.67. The molecular weight excluding hydrogens is 250 g/mol. The van der Waals surface area contributed by atoms with Gasteiger partial charge >= 0.3 is 0 Å². The molecule has 18 heavy (non-hydrogen) atoms. The van der Waals surface area contributed by atoms with Crippen LogP contribution in [-0.2, 0) is 10.8 Å². The van der Waals surface area contributed by atoms with Crippen molar-refractivity contribution < 1.29 is 24.8 Å². The number of hydrogen-bond acceptors (Lipinski definition) is 3. The van der Waals surface area contributed by atoms with Gasteiger partial charge in [-0.3, -0.25) is 18.7 Å². The van der Waals surface area contributed by atoms with Crippen molar-refractivity contribution in [3.05, 3.63) is 35.4 Å². The van der Waals surface area contributed by atoms with Crippen LogP contribution in [0.2, 0.25) is 0 Å². The Kier molecular flexibility index (Phi) is 1.84. The summed E-state index contributed by atoms with van der Waals surface area (Å²) in [5.74, 6) is -2.32. The molecule has 0 aromatic heterocycles. The topological polar surface area (TPSA) is 54.5 Å². The lowest BCUT2D eigenvalue weighted by molar-refractivity contribution is 0.0652. The summed E-state index contributed by atoms with van der Waals surface area (Å²) in [5.41, 5.74) is -3.62. The van der Waals surface area contributed by atoms with Crippen LogP contribution in [0.1, 0.15) is 44.4 Å². The Morgan fingerprint density at radius 3 is 2.22 bits per heavy atom. The minimum absolute atomic E-state index is 0.0514. The van der Waals surface area contributed by atoms with Gasteiger partial charge in [0.05, 0.1) is 11.1 Å². The second-order valence-corrected chi connectivity index (χ2v) is 4.52. The van der Waals surface area contributed by atoms with E-state index in [4.69, 9.17) is 11.0 Å². The molecule has 0 spiro atoms. The molecule has 0 aliphatic carbocycles. The van der Waals surface area contributed by atoms with Crippen molar-refractivity contribution >= 4 is 22.6 Å². The summed E-state index contributed by atoms with van der Waals surface area (Å²) in [4.78, 5) is 24.8. The second kappa shape index (κ2) is 5.44. The van der Waals surface area contributed by atoms with Gasteiger partial charge in [0.2, 0.25) is 0 Å². The van der Waals surface area contributed by atoms with E-state index in [0.29, 0.717) is 0 Å². The third kappa shape index (κ3) is 2.51. The van der Waals surface area contributed by atoms with Crippen LogP contribution >= 0.6 is 0 Å². The lowest BCUT2D eigenvalue weighted by Crippen LogP contribution is -2.30. The molecule has 1 aromatic rings. The van der Waals surface area contributed by atoms with Gasteiger partial charge in [0.15, 0.2) is 0 Å². The summed E-state index contributed by atoms with van der Waals surface area (Å²) in [5, 5.41) is 0. The van der Waals surface area contributed by atoms with E-state index in [1.54, 1.807) is 0 Å². The van der Waals surface area contributed by atoms with Gasteiger partial charge < -0.3 is 0 Å². The molecule has 1 aliphatic heterocycles. The van der Waals surface area contributed by atoms with Crippen LogP contribution in [0.5, 0.6) is 0 Å². The Hall–Kier alpha value is -1.49. The first kappa shape index (κ1) is 6.10. The van der Waals surface area contributed by atoms with Gasteiger partial charge in [0, 0.05) is 40.2 Å². The Labute approximate surface area is 120 Å². The highest BCUT2D eigenvalue weighted by molar-refractivity contribution is 7.84. The molecule has 1 heterocycles. The summed E-state index contributed by atoms with van der Waals surface area (Å²) in [6, 6.07) is 5.35. The molecule has 0 saturated heterocycles. The van der Waals surface area contributed by atoms with E-state index in [1.807, 2.05) is 0 Å². The Balaban J connectivity index is 2.58. The lowest BCUT2D eigenvalue weighted by Gasteiger charge is -2.12. The molecule has 0 radical (unpaired) electrons. The summed E-state index contributed by atoms with van der Waals surface area (Å²) >= 11 is 0. The van der Waals surface area contributed by atoms with E-state index in [2.05, 4.69) is 0 Å². The fourth-order valence-electron chi connectivity index (χ4n) is 1.47. The molecule has 0 N–H and O–H groups in total. The average Bonchev–Trinajstić information content (AvgIpc) is 2.78. The van der Waals surface area contributed by atoms with Gasteiger partial charge in [0.1, 0.15) is 0 Å². The first-order valence-electron chi connectivity index (χ1n) is 8.94. The van der Waals surface area contributed by atoms with Crippen molar-refractivity contribution in [3.8, 4) is 0 Å². The average molecular weight is 273 g/mol. The van der Waals surface area contributed by atoms with Crippen LogP contribution in [0.15, 0.2) is 24.3 Å². The largest absolute Gasteiger partial charge is 0.274 e. The van der Waals surface area contributed by atoms with Gasteiger partial charge in [0.25, 0.3) is 11.8 Å². The van der Waals surface area contributed by atoms with E-state index in [1.165, 1.54) is 24.3 Å². The quantitative estimate of drug-likeness (QED) is 0.763. The fraction of sp³-hybridized carbons (Fsp3) is 0.385. The summed E-state index contributed by atoms with van der Waals surface area (Å²) in [6.45, 7) is -3.56. The first-order valence-corrected chi connectivity index (χ1v) is 6.49. The normalized spacial score (nSPS) is 25.7. The zero-order chi connectivity index (χ0) is 20.3. The monoisotopic (exact) mass is 273 g/mol. The minimum Gasteiger partial charge on any atom is -0.274 e. The van der Waals surface area contributed by atoms with E-state index in [9.17, 15) is 13.8 Å². The Morgan fingerprint density at radius 1 is 1.17 bits per heavy atom. The zero-order valence-corrected chi connectivity index (χ0v) is 10.2. The molecule has 0 saturated carbocycles. The van der Waals surface area contributed by atoms with E-state index in [0.717, 1.165) is 6.26 Å². The predicted molar refractivity (Wildman–Crippen MR) is 70.0 cm³/mol. The van der Waals surface area contributed by atoms with Gasteiger partial charge in [-0.05, 0) is 24.9 Å². The zero-order valence-electron chi connectivity index (χ0n) is 17.4. The maximum absolute atomic E-state index is 12.4. The molecular formula is C13H15NO3S.